The smallest absolute Gasteiger partial charge is 0.352 e. The van der Waals surface area contributed by atoms with Crippen molar-refractivity contribution in [3.63, 3.8) is 0 Å². The third kappa shape index (κ3) is 10.8. The summed E-state index contributed by atoms with van der Waals surface area (Å²) < 4.78 is 31.4. The summed E-state index contributed by atoms with van der Waals surface area (Å²) in [6.07, 6.45) is 1.99. The Labute approximate surface area is 289 Å². The van der Waals surface area contributed by atoms with Gasteiger partial charge in [-0.1, -0.05) is 12.1 Å². The number of esters is 5. The summed E-state index contributed by atoms with van der Waals surface area (Å²) in [6.45, 7) is 3.66. The molecule has 1 saturated carbocycles. The number of hydrogen-bond donors (Lipinski definition) is 0. The zero-order chi connectivity index (χ0) is 36.0. The fourth-order valence-electron chi connectivity index (χ4n) is 5.22. The number of ether oxygens (including phenoxy) is 6. The fraction of sp³-hybridized carbons (Fsp3) is 0.368. The van der Waals surface area contributed by atoms with E-state index in [1.807, 2.05) is 0 Å². The molecule has 0 aliphatic heterocycles. The maximum atomic E-state index is 12.7. The van der Waals surface area contributed by atoms with Crippen LogP contribution in [0, 0.1) is 11.8 Å². The SMILES string of the molecule is COCCOC(=O)c1ccc(C(=O)OCC2CCC(COC(=O)c3ccc(C(=O)OC(C)C(=O)Oc4ccccc4C(C)=O)cc3)CC2)cc1. The summed E-state index contributed by atoms with van der Waals surface area (Å²) in [4.78, 5) is 74.0. The Hall–Kier alpha value is -5.36. The lowest BCUT2D eigenvalue weighted by Crippen LogP contribution is -2.28. The van der Waals surface area contributed by atoms with E-state index in [9.17, 15) is 28.8 Å². The largest absolute Gasteiger partial charge is 0.462 e. The number of methoxy groups -OCH3 is 1. The Bertz CT molecular complexity index is 1650. The van der Waals surface area contributed by atoms with E-state index in [1.165, 1.54) is 81.6 Å². The quantitative estimate of drug-likeness (QED) is 0.0635. The van der Waals surface area contributed by atoms with Crippen molar-refractivity contribution in [2.45, 2.75) is 45.6 Å². The molecular formula is C38H40O12. The fourth-order valence-corrected chi connectivity index (χ4v) is 5.22. The molecule has 1 unspecified atom stereocenters. The van der Waals surface area contributed by atoms with Crippen molar-refractivity contribution in [3.05, 3.63) is 101 Å². The van der Waals surface area contributed by atoms with Crippen LogP contribution in [-0.2, 0) is 28.5 Å². The second kappa shape index (κ2) is 18.4. The first-order valence-corrected chi connectivity index (χ1v) is 16.3. The van der Waals surface area contributed by atoms with Crippen molar-refractivity contribution in [1.82, 2.24) is 0 Å². The number of para-hydroxylation sites is 1. The molecule has 1 atom stereocenters. The molecule has 4 rings (SSSR count). The van der Waals surface area contributed by atoms with Gasteiger partial charge in [-0.15, -0.1) is 0 Å². The summed E-state index contributed by atoms with van der Waals surface area (Å²) in [5.74, 6) is -2.97. The van der Waals surface area contributed by atoms with Crippen LogP contribution in [0.4, 0.5) is 0 Å². The topological polar surface area (TPSA) is 158 Å². The molecule has 0 aromatic heterocycles. The van der Waals surface area contributed by atoms with E-state index in [4.69, 9.17) is 28.4 Å². The first kappa shape index (κ1) is 37.5. The average molecular weight is 689 g/mol. The van der Waals surface area contributed by atoms with E-state index in [0.29, 0.717) is 17.7 Å². The van der Waals surface area contributed by atoms with Crippen LogP contribution in [0.15, 0.2) is 72.8 Å². The summed E-state index contributed by atoms with van der Waals surface area (Å²) in [5.41, 5.74) is 1.28. The monoisotopic (exact) mass is 688 g/mol. The van der Waals surface area contributed by atoms with E-state index in [0.717, 1.165) is 25.7 Å². The molecule has 0 bridgehead atoms. The third-order valence-corrected chi connectivity index (χ3v) is 8.19. The Kier molecular flexibility index (Phi) is 13.8. The lowest BCUT2D eigenvalue weighted by Gasteiger charge is -2.27. The number of rotatable bonds is 15. The minimum Gasteiger partial charge on any atom is -0.462 e. The van der Waals surface area contributed by atoms with Gasteiger partial charge in [-0.05, 0) is 112 Å². The maximum absolute atomic E-state index is 12.7. The predicted octanol–water partition coefficient (Wildman–Crippen LogP) is 5.66. The molecule has 1 aliphatic carbocycles. The Morgan fingerprint density at radius 3 is 1.52 bits per heavy atom. The summed E-state index contributed by atoms with van der Waals surface area (Å²) in [5, 5.41) is 0. The van der Waals surface area contributed by atoms with Gasteiger partial charge in [0.25, 0.3) is 0 Å². The second-order valence-electron chi connectivity index (χ2n) is 11.9. The van der Waals surface area contributed by atoms with Gasteiger partial charge in [0.1, 0.15) is 12.4 Å². The molecule has 50 heavy (non-hydrogen) atoms. The number of carbonyl (C=O) groups excluding carboxylic acids is 6. The normalized spacial score (nSPS) is 16.0. The van der Waals surface area contributed by atoms with E-state index >= 15 is 0 Å². The van der Waals surface area contributed by atoms with Crippen molar-refractivity contribution in [3.8, 4) is 5.75 Å². The highest BCUT2D eigenvalue weighted by Crippen LogP contribution is 2.29. The standard InChI is InChI=1S/C38H40O12/c1-24(39)32-6-4-5-7-33(32)50-34(40)25(2)49-38(44)31-18-16-30(17-19-31)37(43)48-23-27-10-8-26(9-11-27)22-47-36(42)29-14-12-28(13-15-29)35(41)46-21-20-45-3/h4-7,12-19,25-27H,8-11,20-23H2,1-3H3. The highest BCUT2D eigenvalue weighted by atomic mass is 16.6. The minimum absolute atomic E-state index is 0.0741. The summed E-state index contributed by atoms with van der Waals surface area (Å²) in [7, 11) is 1.51. The molecule has 264 valence electrons. The zero-order valence-corrected chi connectivity index (χ0v) is 28.2. The van der Waals surface area contributed by atoms with Crippen LogP contribution in [0.2, 0.25) is 0 Å². The van der Waals surface area contributed by atoms with Gasteiger partial charge in [0, 0.05) is 7.11 Å². The molecule has 0 saturated heterocycles. The van der Waals surface area contributed by atoms with E-state index in [2.05, 4.69) is 0 Å². The van der Waals surface area contributed by atoms with Gasteiger partial charge in [-0.2, -0.15) is 0 Å². The van der Waals surface area contributed by atoms with Gasteiger partial charge < -0.3 is 28.4 Å². The molecule has 3 aromatic carbocycles. The van der Waals surface area contributed by atoms with Gasteiger partial charge >= 0.3 is 29.8 Å². The van der Waals surface area contributed by atoms with Crippen LogP contribution in [0.1, 0.15) is 91.3 Å². The van der Waals surface area contributed by atoms with Crippen molar-refractivity contribution in [2.75, 3.05) is 33.5 Å². The van der Waals surface area contributed by atoms with Gasteiger partial charge in [0.05, 0.1) is 47.6 Å². The van der Waals surface area contributed by atoms with Crippen LogP contribution in [0.5, 0.6) is 5.75 Å². The second-order valence-corrected chi connectivity index (χ2v) is 11.9. The number of ketones is 1. The molecule has 12 nitrogen and oxygen atoms in total. The Morgan fingerprint density at radius 2 is 1.06 bits per heavy atom. The molecular weight excluding hydrogens is 648 g/mol. The van der Waals surface area contributed by atoms with Gasteiger partial charge in [0.2, 0.25) is 0 Å². The molecule has 0 N–H and O–H groups in total. The van der Waals surface area contributed by atoms with Crippen molar-refractivity contribution >= 4 is 35.6 Å². The van der Waals surface area contributed by atoms with Gasteiger partial charge in [0.15, 0.2) is 11.9 Å². The zero-order valence-electron chi connectivity index (χ0n) is 28.2. The Morgan fingerprint density at radius 1 is 0.620 bits per heavy atom. The van der Waals surface area contributed by atoms with Crippen LogP contribution < -0.4 is 4.74 Å². The van der Waals surface area contributed by atoms with Crippen molar-refractivity contribution < 1.29 is 57.2 Å². The van der Waals surface area contributed by atoms with Crippen molar-refractivity contribution in [2.24, 2.45) is 11.8 Å². The predicted molar refractivity (Wildman–Crippen MR) is 178 cm³/mol. The van der Waals surface area contributed by atoms with Crippen LogP contribution in [-0.4, -0.2) is 75.3 Å². The van der Waals surface area contributed by atoms with Gasteiger partial charge in [-0.3, -0.25) is 4.79 Å². The molecule has 0 heterocycles. The highest BCUT2D eigenvalue weighted by Gasteiger charge is 2.25. The highest BCUT2D eigenvalue weighted by molar-refractivity contribution is 5.98. The van der Waals surface area contributed by atoms with E-state index < -0.39 is 36.0 Å². The summed E-state index contributed by atoms with van der Waals surface area (Å²) in [6, 6.07) is 18.0. The lowest BCUT2D eigenvalue weighted by molar-refractivity contribution is -0.143. The minimum atomic E-state index is -1.25. The molecule has 0 amide bonds. The van der Waals surface area contributed by atoms with Crippen LogP contribution >= 0.6 is 0 Å². The first-order chi connectivity index (χ1) is 24.0. The number of hydrogen-bond acceptors (Lipinski definition) is 12. The first-order valence-electron chi connectivity index (χ1n) is 16.3. The molecule has 12 heteroatoms. The molecule has 1 fully saturated rings. The molecule has 3 aromatic rings. The number of benzene rings is 3. The number of carbonyl (C=O) groups is 6. The lowest BCUT2D eigenvalue weighted by atomic mass is 9.83. The van der Waals surface area contributed by atoms with Crippen LogP contribution in [0.3, 0.4) is 0 Å². The average Bonchev–Trinajstić information content (AvgIpc) is 3.13. The molecule has 0 radical (unpaired) electrons. The van der Waals surface area contributed by atoms with Crippen molar-refractivity contribution in [1.29, 1.82) is 0 Å². The third-order valence-electron chi connectivity index (χ3n) is 8.19. The molecule has 0 spiro atoms. The molecule has 1 aliphatic rings. The number of Topliss-reactive ketones (excluding diaryl/α,β-unsaturated/α-hetero) is 1. The Balaban J connectivity index is 1.15. The van der Waals surface area contributed by atoms with Crippen LogP contribution in [0.25, 0.3) is 0 Å². The van der Waals surface area contributed by atoms with Gasteiger partial charge in [-0.25, -0.2) is 24.0 Å². The maximum Gasteiger partial charge on any atom is 0.352 e. The van der Waals surface area contributed by atoms with E-state index in [-0.39, 0.29) is 59.9 Å². The summed E-state index contributed by atoms with van der Waals surface area (Å²) >= 11 is 0. The van der Waals surface area contributed by atoms with E-state index in [1.54, 1.807) is 12.1 Å².